The zero-order chi connectivity index (χ0) is 35.6. The second kappa shape index (κ2) is 14.0. The summed E-state index contributed by atoms with van der Waals surface area (Å²) in [5.74, 6) is 0.740. The largest absolute Gasteiger partial charge is 0.494 e. The van der Waals surface area contributed by atoms with Crippen molar-refractivity contribution in [3.05, 3.63) is 145 Å². The van der Waals surface area contributed by atoms with Crippen molar-refractivity contribution in [2.45, 2.75) is 6.42 Å². The van der Waals surface area contributed by atoms with Crippen LogP contribution in [0.15, 0.2) is 122 Å². The van der Waals surface area contributed by atoms with Gasteiger partial charge in [0.25, 0.3) is 0 Å². The van der Waals surface area contributed by atoms with Crippen LogP contribution >= 0.6 is 0 Å². The Balaban J connectivity index is 1.40. The number of hydrogen-bond donors (Lipinski definition) is 3. The molecule has 256 valence electrons. The number of aromatic nitrogens is 7. The number of nitrogens with zero attached hydrogens (tertiary/aromatic N) is 5. The highest BCUT2D eigenvalue weighted by molar-refractivity contribution is 5.99. The average molecular weight is 692 g/mol. The van der Waals surface area contributed by atoms with E-state index in [9.17, 15) is 5.11 Å². The second-order valence-electron chi connectivity index (χ2n) is 12.7. The molecule has 0 atom stereocenters. The maximum atomic E-state index is 9.22. The van der Waals surface area contributed by atoms with Crippen LogP contribution < -0.4 is 4.74 Å². The van der Waals surface area contributed by atoms with Crippen LogP contribution in [0.25, 0.3) is 90.9 Å². The van der Waals surface area contributed by atoms with Gasteiger partial charge in [-0.1, -0.05) is 12.1 Å². The predicted octanol–water partition coefficient (Wildman–Crippen LogP) is 9.27. The molecule has 9 nitrogen and oxygen atoms in total. The number of aromatic amines is 2. The Morgan fingerprint density at radius 2 is 0.774 bits per heavy atom. The Hall–Kier alpha value is -6.97. The number of aliphatic hydroxyl groups is 1. The smallest absolute Gasteiger partial charge is 0.119 e. The maximum Gasteiger partial charge on any atom is 0.119 e. The van der Waals surface area contributed by atoms with E-state index in [-0.39, 0.29) is 6.61 Å². The minimum absolute atomic E-state index is 0.0860. The normalized spacial score (nSPS) is 11.9. The summed E-state index contributed by atoms with van der Waals surface area (Å²) in [7, 11) is 0. The van der Waals surface area contributed by atoms with Gasteiger partial charge in [0.1, 0.15) is 5.75 Å². The molecule has 8 bridgehead atoms. The Morgan fingerprint density at radius 3 is 1.11 bits per heavy atom. The number of H-pyrrole nitrogens is 2. The zero-order valence-corrected chi connectivity index (χ0v) is 28.6. The van der Waals surface area contributed by atoms with E-state index in [1.807, 2.05) is 48.5 Å². The summed E-state index contributed by atoms with van der Waals surface area (Å²) in [6.07, 6.45) is 19.7. The fourth-order valence-electron chi connectivity index (χ4n) is 6.95. The fraction of sp³-hybridized carbons (Fsp3) is 0.0682. The molecule has 0 radical (unpaired) electrons. The molecule has 1 aromatic carbocycles. The Labute approximate surface area is 305 Å². The van der Waals surface area contributed by atoms with Gasteiger partial charge in [0.15, 0.2) is 0 Å². The van der Waals surface area contributed by atoms with Gasteiger partial charge in [0.2, 0.25) is 0 Å². The highest BCUT2D eigenvalue weighted by atomic mass is 16.5. The van der Waals surface area contributed by atoms with Crippen LogP contribution in [0.5, 0.6) is 5.75 Å². The summed E-state index contributed by atoms with van der Waals surface area (Å²) in [5, 5.41) is 9.22. The minimum atomic E-state index is 0.0860. The summed E-state index contributed by atoms with van der Waals surface area (Å²) < 4.78 is 5.87. The highest BCUT2D eigenvalue weighted by Crippen LogP contribution is 2.38. The Morgan fingerprint density at radius 1 is 0.434 bits per heavy atom. The minimum Gasteiger partial charge on any atom is -0.494 e. The number of fused-ring (bicyclic) bond motifs is 8. The van der Waals surface area contributed by atoms with Crippen molar-refractivity contribution in [2.75, 3.05) is 13.2 Å². The lowest BCUT2D eigenvalue weighted by atomic mass is 10.0. The van der Waals surface area contributed by atoms with Gasteiger partial charge in [-0.2, -0.15) is 0 Å². The molecule has 0 spiro atoms. The fourth-order valence-corrected chi connectivity index (χ4v) is 6.95. The van der Waals surface area contributed by atoms with E-state index in [4.69, 9.17) is 14.7 Å². The molecule has 53 heavy (non-hydrogen) atoms. The number of hydrogen-bond acceptors (Lipinski definition) is 7. The molecule has 0 saturated carbocycles. The van der Waals surface area contributed by atoms with Gasteiger partial charge >= 0.3 is 0 Å². The van der Waals surface area contributed by atoms with Gasteiger partial charge in [-0.25, -0.2) is 9.97 Å². The molecule has 0 unspecified atom stereocenters. The van der Waals surface area contributed by atoms with E-state index in [1.54, 1.807) is 37.2 Å². The molecule has 9 rings (SSSR count). The molecule has 8 heterocycles. The monoisotopic (exact) mass is 691 g/mol. The molecule has 0 saturated heterocycles. The van der Waals surface area contributed by atoms with Crippen LogP contribution in [0, 0.1) is 0 Å². The molecule has 6 aromatic heterocycles. The van der Waals surface area contributed by atoms with Gasteiger partial charge in [0.05, 0.1) is 29.4 Å². The van der Waals surface area contributed by atoms with E-state index >= 15 is 0 Å². The highest BCUT2D eigenvalue weighted by Gasteiger charge is 2.19. The molecule has 3 N–H and O–H groups in total. The lowest BCUT2D eigenvalue weighted by molar-refractivity contribution is 0.233. The second-order valence-corrected chi connectivity index (χ2v) is 12.7. The number of ether oxygens (including phenoxy) is 1. The van der Waals surface area contributed by atoms with Crippen molar-refractivity contribution in [2.24, 2.45) is 0 Å². The van der Waals surface area contributed by atoms with Gasteiger partial charge < -0.3 is 19.8 Å². The third kappa shape index (κ3) is 6.19. The molecule has 7 aromatic rings. The van der Waals surface area contributed by atoms with Crippen molar-refractivity contribution in [3.8, 4) is 50.3 Å². The van der Waals surface area contributed by atoms with Crippen LogP contribution in [0.3, 0.4) is 0 Å². The number of pyridine rings is 3. The molecule has 0 fully saturated rings. The first kappa shape index (κ1) is 32.0. The molecule has 2 aliphatic heterocycles. The van der Waals surface area contributed by atoms with Gasteiger partial charge in [-0.15, -0.1) is 0 Å². The van der Waals surface area contributed by atoms with Crippen LogP contribution in [0.1, 0.15) is 29.2 Å². The van der Waals surface area contributed by atoms with E-state index in [0.717, 1.165) is 95.1 Å². The van der Waals surface area contributed by atoms with Crippen LogP contribution in [-0.4, -0.2) is 53.2 Å². The topological polar surface area (TPSA) is 125 Å². The molecule has 0 amide bonds. The molecule has 0 aliphatic carbocycles. The number of rotatable bonds is 8. The third-order valence-corrected chi connectivity index (χ3v) is 9.38. The van der Waals surface area contributed by atoms with Crippen molar-refractivity contribution in [3.63, 3.8) is 0 Å². The Bertz CT molecular complexity index is 2630. The van der Waals surface area contributed by atoms with E-state index in [2.05, 4.69) is 85.6 Å². The zero-order valence-electron chi connectivity index (χ0n) is 28.6. The van der Waals surface area contributed by atoms with E-state index in [0.29, 0.717) is 13.0 Å². The van der Waals surface area contributed by atoms with Crippen LogP contribution in [-0.2, 0) is 0 Å². The van der Waals surface area contributed by atoms with Crippen LogP contribution in [0.4, 0.5) is 0 Å². The van der Waals surface area contributed by atoms with Crippen molar-refractivity contribution >= 4 is 46.4 Å². The van der Waals surface area contributed by atoms with Gasteiger partial charge in [-0.3, -0.25) is 15.0 Å². The molecule has 2 aliphatic rings. The quantitative estimate of drug-likeness (QED) is 0.136. The summed E-state index contributed by atoms with van der Waals surface area (Å²) in [6, 6.07) is 28.5. The lowest BCUT2D eigenvalue weighted by Gasteiger charge is -2.08. The SMILES string of the molecule is OCCCOc1ccc(-c2c3nc(c(-c4ccncc4)c4ccc([nH]4)c(-c4ccncc4)c4nc(c(-c5ccncc5)c5ccc2[nH]5)C=C4)C=C3)cc1. The summed E-state index contributed by atoms with van der Waals surface area (Å²) >= 11 is 0. The van der Waals surface area contributed by atoms with E-state index < -0.39 is 0 Å². The van der Waals surface area contributed by atoms with Gasteiger partial charge in [0, 0.05) is 94.5 Å². The summed E-state index contributed by atoms with van der Waals surface area (Å²) in [4.78, 5) is 31.1. The summed E-state index contributed by atoms with van der Waals surface area (Å²) in [6.45, 7) is 0.532. The number of aliphatic hydroxyl groups excluding tert-OH is 1. The van der Waals surface area contributed by atoms with Crippen molar-refractivity contribution in [1.29, 1.82) is 0 Å². The number of benzene rings is 1. The van der Waals surface area contributed by atoms with Crippen molar-refractivity contribution < 1.29 is 9.84 Å². The maximum absolute atomic E-state index is 9.22. The average Bonchev–Trinajstić information content (AvgIpc) is 4.05. The first-order chi connectivity index (χ1) is 26.2. The molecular weight excluding hydrogens is 659 g/mol. The lowest BCUT2D eigenvalue weighted by Crippen LogP contribution is -1.99. The summed E-state index contributed by atoms with van der Waals surface area (Å²) in [5.41, 5.74) is 14.7. The Kier molecular flexibility index (Phi) is 8.43. The van der Waals surface area contributed by atoms with Crippen LogP contribution in [0.2, 0.25) is 0 Å². The molecular formula is C44H33N7O2. The first-order valence-electron chi connectivity index (χ1n) is 17.4. The number of nitrogens with one attached hydrogen (secondary N) is 2. The standard InChI is InChI=1S/C44H33N7O2/c52-26-1-27-53-32-4-2-28(3-5-32)41-33-6-8-35(48-33)42(29-14-20-45-21-15-29)37-10-12-39(50-37)44(31-18-24-47-25-19-31)40-13-11-38(51-40)43(30-16-22-46-23-17-30)36-9-7-34(41)49-36/h2-25,48,51-52H,1,26-27H2. The van der Waals surface area contributed by atoms with Crippen molar-refractivity contribution in [1.82, 2.24) is 34.9 Å². The first-order valence-corrected chi connectivity index (χ1v) is 17.4. The molecule has 9 heteroatoms. The van der Waals surface area contributed by atoms with Gasteiger partial charge in [-0.05, 0) is 119 Å². The van der Waals surface area contributed by atoms with E-state index in [1.165, 1.54) is 0 Å². The third-order valence-electron chi connectivity index (χ3n) is 9.38. The predicted molar refractivity (Wildman–Crippen MR) is 211 cm³/mol.